The summed E-state index contributed by atoms with van der Waals surface area (Å²) in [6, 6.07) is 10.1. The van der Waals surface area contributed by atoms with Crippen LogP contribution in [0.25, 0.3) is 0 Å². The van der Waals surface area contributed by atoms with Gasteiger partial charge in [-0.15, -0.1) is 0 Å². The third-order valence-corrected chi connectivity index (χ3v) is 5.24. The maximum absolute atomic E-state index is 13.4. The Kier molecular flexibility index (Phi) is 5.67. The zero-order chi connectivity index (χ0) is 21.2. The molecule has 0 aliphatic heterocycles. The molecule has 3 rings (SSSR count). The number of aryl methyl sites for hydroxylation is 1. The fourth-order valence-corrected chi connectivity index (χ4v) is 3.24. The standard InChI is InChI=1S/C19H16F2O7S/c20-19(21,29(24,25)26)18(23)28-16-10-4-3-9-14(16)17(22)27-15-11-5-7-12-6-1-2-8-13(12)15/h3-5,7,9-11H,1-2,6,8H2,(H,24,25,26). The number of esters is 2. The average molecular weight is 426 g/mol. The maximum atomic E-state index is 13.4. The zero-order valence-corrected chi connectivity index (χ0v) is 15.7. The van der Waals surface area contributed by atoms with E-state index in [0.717, 1.165) is 42.9 Å². The van der Waals surface area contributed by atoms with Gasteiger partial charge in [-0.2, -0.15) is 17.2 Å². The number of carbonyl (C=O) groups is 2. The number of alkyl halides is 2. The van der Waals surface area contributed by atoms with E-state index in [1.807, 2.05) is 6.07 Å². The zero-order valence-electron chi connectivity index (χ0n) is 14.9. The summed E-state index contributed by atoms with van der Waals surface area (Å²) in [6.45, 7) is 0. The van der Waals surface area contributed by atoms with Gasteiger partial charge >= 0.3 is 27.3 Å². The first-order valence-electron chi connectivity index (χ1n) is 8.60. The van der Waals surface area contributed by atoms with Crippen molar-refractivity contribution in [3.8, 4) is 11.5 Å². The van der Waals surface area contributed by atoms with Gasteiger partial charge in [0.15, 0.2) is 0 Å². The summed E-state index contributed by atoms with van der Waals surface area (Å²) >= 11 is 0. The molecule has 0 saturated carbocycles. The topological polar surface area (TPSA) is 107 Å². The molecule has 1 N–H and O–H groups in total. The van der Waals surface area contributed by atoms with Crippen molar-refractivity contribution in [1.82, 2.24) is 0 Å². The first kappa shape index (κ1) is 20.9. The van der Waals surface area contributed by atoms with E-state index < -0.39 is 33.1 Å². The van der Waals surface area contributed by atoms with Crippen molar-refractivity contribution in [3.63, 3.8) is 0 Å². The molecule has 0 saturated heterocycles. The molecule has 0 heterocycles. The molecule has 7 nitrogen and oxygen atoms in total. The van der Waals surface area contributed by atoms with Gasteiger partial charge in [0.1, 0.15) is 17.1 Å². The molecule has 10 heteroatoms. The molecule has 1 aliphatic carbocycles. The lowest BCUT2D eigenvalue weighted by Gasteiger charge is -2.19. The molecular weight excluding hydrogens is 410 g/mol. The highest BCUT2D eigenvalue weighted by molar-refractivity contribution is 7.87. The van der Waals surface area contributed by atoms with Crippen molar-refractivity contribution in [2.75, 3.05) is 0 Å². The van der Waals surface area contributed by atoms with E-state index in [1.54, 1.807) is 12.1 Å². The van der Waals surface area contributed by atoms with Gasteiger partial charge in [0.25, 0.3) is 0 Å². The van der Waals surface area contributed by atoms with E-state index in [0.29, 0.717) is 5.75 Å². The minimum atomic E-state index is -6.04. The van der Waals surface area contributed by atoms with Crippen molar-refractivity contribution in [1.29, 1.82) is 0 Å². The second kappa shape index (κ2) is 7.88. The number of benzene rings is 2. The van der Waals surface area contributed by atoms with Crippen LogP contribution in [0.2, 0.25) is 0 Å². The number of halogens is 2. The minimum Gasteiger partial charge on any atom is -0.423 e. The molecule has 2 aromatic carbocycles. The summed E-state index contributed by atoms with van der Waals surface area (Å²) in [5, 5.41) is -5.19. The van der Waals surface area contributed by atoms with Crippen molar-refractivity contribution in [2.45, 2.75) is 30.9 Å². The van der Waals surface area contributed by atoms with Crippen LogP contribution < -0.4 is 9.47 Å². The fraction of sp³-hybridized carbons (Fsp3) is 0.263. The van der Waals surface area contributed by atoms with Crippen LogP contribution >= 0.6 is 0 Å². The molecule has 29 heavy (non-hydrogen) atoms. The summed E-state index contributed by atoms with van der Waals surface area (Å²) in [7, 11) is -6.04. The summed E-state index contributed by atoms with van der Waals surface area (Å²) in [4.78, 5) is 24.1. The highest BCUT2D eigenvalue weighted by atomic mass is 32.2. The minimum absolute atomic E-state index is 0.316. The number of para-hydroxylation sites is 1. The predicted octanol–water partition coefficient (Wildman–Crippen LogP) is 3.17. The third kappa shape index (κ3) is 4.28. The van der Waals surface area contributed by atoms with Gasteiger partial charge in [-0.1, -0.05) is 24.3 Å². The predicted molar refractivity (Wildman–Crippen MR) is 96.6 cm³/mol. The highest BCUT2D eigenvalue weighted by Crippen LogP contribution is 2.31. The van der Waals surface area contributed by atoms with Crippen molar-refractivity contribution in [3.05, 3.63) is 59.2 Å². The van der Waals surface area contributed by atoms with Crippen LogP contribution in [0.5, 0.6) is 11.5 Å². The Balaban J connectivity index is 1.86. The molecule has 0 unspecified atom stereocenters. The van der Waals surface area contributed by atoms with E-state index in [-0.39, 0.29) is 5.56 Å². The van der Waals surface area contributed by atoms with Crippen LogP contribution in [-0.4, -0.2) is 30.2 Å². The molecular formula is C19H16F2O7S. The number of hydrogen-bond acceptors (Lipinski definition) is 6. The smallest absolute Gasteiger partial charge is 0.423 e. The molecule has 2 aromatic rings. The largest absolute Gasteiger partial charge is 0.466 e. The molecule has 0 atom stereocenters. The quantitative estimate of drug-likeness (QED) is 0.445. The fourth-order valence-electron chi connectivity index (χ4n) is 2.99. The lowest BCUT2D eigenvalue weighted by molar-refractivity contribution is -0.151. The first-order chi connectivity index (χ1) is 13.6. The lowest BCUT2D eigenvalue weighted by atomic mass is 9.91. The molecule has 0 fully saturated rings. The van der Waals surface area contributed by atoms with Crippen LogP contribution in [0, 0.1) is 0 Å². The van der Waals surface area contributed by atoms with Crippen molar-refractivity contribution < 1.29 is 40.8 Å². The number of rotatable bonds is 5. The normalized spacial score (nSPS) is 14.0. The number of ether oxygens (including phenoxy) is 2. The summed E-state index contributed by atoms with van der Waals surface area (Å²) in [5.74, 6) is -3.83. The molecule has 0 radical (unpaired) electrons. The SMILES string of the molecule is O=C(Oc1cccc2c1CCCC2)c1ccccc1OC(=O)C(F)(F)S(=O)(=O)O. The Morgan fingerprint density at radius 1 is 0.931 bits per heavy atom. The molecule has 0 bridgehead atoms. The molecule has 154 valence electrons. The van der Waals surface area contributed by atoms with Gasteiger partial charge in [-0.25, -0.2) is 9.59 Å². The maximum Gasteiger partial charge on any atom is 0.466 e. The van der Waals surface area contributed by atoms with Gasteiger partial charge in [0.2, 0.25) is 0 Å². The Morgan fingerprint density at radius 3 is 2.31 bits per heavy atom. The first-order valence-corrected chi connectivity index (χ1v) is 10.0. The molecule has 0 spiro atoms. The van der Waals surface area contributed by atoms with Crippen LogP contribution in [0.1, 0.15) is 34.3 Å². The Labute approximate surface area is 165 Å². The van der Waals surface area contributed by atoms with E-state index in [4.69, 9.17) is 9.29 Å². The summed E-state index contributed by atoms with van der Waals surface area (Å²) in [5.41, 5.74) is 1.56. The Hall–Kier alpha value is -2.85. The second-order valence-electron chi connectivity index (χ2n) is 6.37. The van der Waals surface area contributed by atoms with E-state index in [9.17, 15) is 26.8 Å². The van der Waals surface area contributed by atoms with Crippen molar-refractivity contribution >= 4 is 22.1 Å². The van der Waals surface area contributed by atoms with Gasteiger partial charge in [0.05, 0.1) is 0 Å². The van der Waals surface area contributed by atoms with Crippen LogP contribution in [0.3, 0.4) is 0 Å². The Morgan fingerprint density at radius 2 is 1.59 bits per heavy atom. The van der Waals surface area contributed by atoms with Gasteiger partial charge in [-0.3, -0.25) is 4.55 Å². The molecule has 0 aromatic heterocycles. The number of carbonyl (C=O) groups excluding carboxylic acids is 2. The van der Waals surface area contributed by atoms with Crippen LogP contribution in [0.4, 0.5) is 8.78 Å². The summed E-state index contributed by atoms with van der Waals surface area (Å²) < 4.78 is 66.6. The molecule has 0 amide bonds. The Bertz CT molecular complexity index is 1060. The monoisotopic (exact) mass is 426 g/mol. The van der Waals surface area contributed by atoms with Crippen molar-refractivity contribution in [2.24, 2.45) is 0 Å². The average Bonchev–Trinajstić information content (AvgIpc) is 2.67. The van der Waals surface area contributed by atoms with Gasteiger partial charge in [0, 0.05) is 0 Å². The van der Waals surface area contributed by atoms with E-state index in [1.165, 1.54) is 18.2 Å². The van der Waals surface area contributed by atoms with E-state index in [2.05, 4.69) is 4.74 Å². The molecule has 1 aliphatic rings. The highest BCUT2D eigenvalue weighted by Gasteiger charge is 2.54. The van der Waals surface area contributed by atoms with Crippen LogP contribution in [-0.2, 0) is 27.8 Å². The van der Waals surface area contributed by atoms with Gasteiger partial charge < -0.3 is 9.47 Å². The number of fused-ring (bicyclic) bond motifs is 1. The third-order valence-electron chi connectivity index (χ3n) is 4.43. The number of hydrogen-bond donors (Lipinski definition) is 1. The van der Waals surface area contributed by atoms with E-state index >= 15 is 0 Å². The van der Waals surface area contributed by atoms with Gasteiger partial charge in [-0.05, 0) is 55.0 Å². The summed E-state index contributed by atoms with van der Waals surface area (Å²) in [6.07, 6.45) is 3.52. The second-order valence-corrected chi connectivity index (χ2v) is 7.83. The van der Waals surface area contributed by atoms with Crippen LogP contribution in [0.15, 0.2) is 42.5 Å². The lowest BCUT2D eigenvalue weighted by Crippen LogP contribution is -2.40.